The molecular formula is C21H20Cl4N2O4. The SMILES string of the molecule is CNC(=O)C(=NOC)c1ccccc1COc1c(Cl)cc(OCC2CC2(Cl)Cl)cc1Cl. The van der Waals surface area contributed by atoms with Crippen LogP contribution >= 0.6 is 46.4 Å². The van der Waals surface area contributed by atoms with Crippen LogP contribution in [0.1, 0.15) is 17.5 Å². The van der Waals surface area contributed by atoms with Crippen molar-refractivity contribution >= 4 is 58.0 Å². The van der Waals surface area contributed by atoms with Gasteiger partial charge >= 0.3 is 0 Å². The normalized spacial score (nSPS) is 17.1. The molecule has 3 rings (SSSR count). The highest BCUT2D eigenvalue weighted by molar-refractivity contribution is 6.50. The standard InChI is InChI=1S/C21H20Cl4N2O4/c1-26-20(28)18(27-29-2)15-6-4-3-5-12(15)10-31-19-16(22)7-14(8-17(19)23)30-11-13-9-21(13,24)25/h3-8,13H,9-11H2,1-2H3,(H,26,28). The minimum absolute atomic E-state index is 0.0732. The van der Waals surface area contributed by atoms with E-state index in [0.717, 1.165) is 0 Å². The second-order valence-corrected chi connectivity index (χ2v) is 9.19. The number of benzene rings is 2. The van der Waals surface area contributed by atoms with E-state index in [2.05, 4.69) is 10.5 Å². The van der Waals surface area contributed by atoms with Gasteiger partial charge in [0.25, 0.3) is 5.91 Å². The molecule has 0 spiro atoms. The summed E-state index contributed by atoms with van der Waals surface area (Å²) >= 11 is 24.8. The van der Waals surface area contributed by atoms with Crippen LogP contribution in [-0.2, 0) is 16.2 Å². The Morgan fingerprint density at radius 2 is 1.84 bits per heavy atom. The Morgan fingerprint density at radius 3 is 2.42 bits per heavy atom. The fourth-order valence-electron chi connectivity index (χ4n) is 2.85. The van der Waals surface area contributed by atoms with E-state index in [9.17, 15) is 4.79 Å². The number of nitrogens with one attached hydrogen (secondary N) is 1. The van der Waals surface area contributed by atoms with Crippen LogP contribution in [0.4, 0.5) is 0 Å². The van der Waals surface area contributed by atoms with Crippen molar-refractivity contribution in [3.8, 4) is 11.5 Å². The Balaban J connectivity index is 1.74. The molecule has 1 unspecified atom stereocenters. The number of nitrogens with zero attached hydrogens (tertiary/aromatic N) is 1. The highest BCUT2D eigenvalue weighted by Crippen LogP contribution is 2.53. The lowest BCUT2D eigenvalue weighted by molar-refractivity contribution is -0.114. The molecule has 0 radical (unpaired) electrons. The molecule has 0 aliphatic heterocycles. The van der Waals surface area contributed by atoms with Crippen LogP contribution < -0.4 is 14.8 Å². The molecule has 10 heteroatoms. The van der Waals surface area contributed by atoms with E-state index in [0.29, 0.717) is 35.7 Å². The Kier molecular flexibility index (Phi) is 7.81. The first-order valence-corrected chi connectivity index (χ1v) is 10.8. The third-order valence-electron chi connectivity index (χ3n) is 4.65. The average Bonchev–Trinajstić information content (AvgIpc) is 3.36. The lowest BCUT2D eigenvalue weighted by atomic mass is 10.0. The minimum Gasteiger partial charge on any atom is -0.493 e. The van der Waals surface area contributed by atoms with Gasteiger partial charge in [-0.25, -0.2) is 0 Å². The van der Waals surface area contributed by atoms with E-state index in [-0.39, 0.29) is 34.2 Å². The minimum atomic E-state index is -0.719. The van der Waals surface area contributed by atoms with Crippen LogP contribution in [0.15, 0.2) is 41.6 Å². The number of ether oxygens (including phenoxy) is 2. The summed E-state index contributed by atoms with van der Waals surface area (Å²) in [7, 11) is 2.88. The Bertz CT molecular complexity index is 974. The zero-order valence-electron chi connectivity index (χ0n) is 16.8. The summed E-state index contributed by atoms with van der Waals surface area (Å²) in [5.41, 5.74) is 1.38. The first-order valence-electron chi connectivity index (χ1n) is 9.30. The van der Waals surface area contributed by atoms with Crippen molar-refractivity contribution in [1.82, 2.24) is 5.32 Å². The number of amides is 1. The largest absolute Gasteiger partial charge is 0.493 e. The molecular weight excluding hydrogens is 486 g/mol. The lowest BCUT2D eigenvalue weighted by Gasteiger charge is -2.15. The molecule has 0 saturated heterocycles. The van der Waals surface area contributed by atoms with E-state index in [4.69, 9.17) is 60.7 Å². The molecule has 1 aliphatic carbocycles. The maximum absolute atomic E-state index is 12.2. The molecule has 1 fully saturated rings. The molecule has 166 valence electrons. The predicted octanol–water partition coefficient (Wildman–Crippen LogP) is 5.24. The Hall–Kier alpha value is -1.86. The molecule has 1 saturated carbocycles. The van der Waals surface area contributed by atoms with Crippen molar-refractivity contribution < 1.29 is 19.1 Å². The van der Waals surface area contributed by atoms with Gasteiger partial charge in [-0.15, -0.1) is 23.2 Å². The summed E-state index contributed by atoms with van der Waals surface area (Å²) in [5.74, 6) is 0.476. The zero-order valence-corrected chi connectivity index (χ0v) is 19.8. The van der Waals surface area contributed by atoms with Crippen LogP contribution in [-0.4, -0.2) is 36.7 Å². The molecule has 1 amide bonds. The lowest BCUT2D eigenvalue weighted by Crippen LogP contribution is -2.29. The third kappa shape index (κ3) is 5.89. The van der Waals surface area contributed by atoms with Gasteiger partial charge in [0, 0.05) is 30.7 Å². The second kappa shape index (κ2) is 10.2. The number of halogens is 4. The van der Waals surface area contributed by atoms with Gasteiger partial charge in [0.05, 0.1) is 16.7 Å². The van der Waals surface area contributed by atoms with E-state index < -0.39 is 4.33 Å². The van der Waals surface area contributed by atoms with Gasteiger partial charge in [0.2, 0.25) is 0 Å². The van der Waals surface area contributed by atoms with Crippen molar-refractivity contribution in [3.63, 3.8) is 0 Å². The van der Waals surface area contributed by atoms with Crippen LogP contribution in [0.25, 0.3) is 0 Å². The summed E-state index contributed by atoms with van der Waals surface area (Å²) in [6.45, 7) is 0.465. The maximum atomic E-state index is 12.2. The van der Waals surface area contributed by atoms with Gasteiger partial charge in [0.1, 0.15) is 23.8 Å². The molecule has 6 nitrogen and oxygen atoms in total. The number of carbonyl (C=O) groups is 1. The summed E-state index contributed by atoms with van der Waals surface area (Å²) in [5, 5.41) is 6.95. The fraction of sp³-hybridized carbons (Fsp3) is 0.333. The summed E-state index contributed by atoms with van der Waals surface area (Å²) in [6, 6.07) is 10.4. The molecule has 1 aliphatic rings. The topological polar surface area (TPSA) is 69.2 Å². The number of alkyl halides is 2. The van der Waals surface area contributed by atoms with Crippen LogP contribution in [0.3, 0.4) is 0 Å². The molecule has 2 aromatic rings. The quantitative estimate of drug-likeness (QED) is 0.287. The van der Waals surface area contributed by atoms with Crippen molar-refractivity contribution in [2.45, 2.75) is 17.4 Å². The van der Waals surface area contributed by atoms with Crippen molar-refractivity contribution in [2.24, 2.45) is 11.1 Å². The fourth-order valence-corrected chi connectivity index (χ4v) is 3.93. The number of carbonyl (C=O) groups excluding carboxylic acids is 1. The average molecular weight is 506 g/mol. The molecule has 0 heterocycles. The number of likely N-dealkylation sites (N-methyl/N-ethyl adjacent to an activating group) is 1. The molecule has 1 atom stereocenters. The Labute approximate surface area is 200 Å². The summed E-state index contributed by atoms with van der Waals surface area (Å²) in [6.07, 6.45) is 0.683. The number of oxime groups is 1. The second-order valence-electron chi connectivity index (χ2n) is 6.84. The van der Waals surface area contributed by atoms with E-state index >= 15 is 0 Å². The smallest absolute Gasteiger partial charge is 0.273 e. The molecule has 2 aromatic carbocycles. The zero-order chi connectivity index (χ0) is 22.6. The maximum Gasteiger partial charge on any atom is 0.273 e. The molecule has 0 aromatic heterocycles. The van der Waals surface area contributed by atoms with Gasteiger partial charge < -0.3 is 19.6 Å². The summed E-state index contributed by atoms with van der Waals surface area (Å²) in [4.78, 5) is 17.0. The number of hydrogen-bond acceptors (Lipinski definition) is 5. The number of rotatable bonds is 9. The van der Waals surface area contributed by atoms with Gasteiger partial charge in [0.15, 0.2) is 11.5 Å². The van der Waals surface area contributed by atoms with E-state index in [1.807, 2.05) is 12.1 Å². The van der Waals surface area contributed by atoms with E-state index in [1.54, 1.807) is 24.3 Å². The van der Waals surface area contributed by atoms with Crippen LogP contribution in [0.2, 0.25) is 10.0 Å². The first-order chi connectivity index (χ1) is 14.8. The first kappa shape index (κ1) is 23.8. The molecule has 1 N–H and O–H groups in total. The van der Waals surface area contributed by atoms with Gasteiger partial charge in [-0.2, -0.15) is 0 Å². The van der Waals surface area contributed by atoms with Crippen molar-refractivity contribution in [2.75, 3.05) is 20.8 Å². The monoisotopic (exact) mass is 504 g/mol. The molecule has 31 heavy (non-hydrogen) atoms. The molecule has 0 bridgehead atoms. The summed E-state index contributed by atoms with van der Waals surface area (Å²) < 4.78 is 10.8. The van der Waals surface area contributed by atoms with Crippen molar-refractivity contribution in [3.05, 3.63) is 57.6 Å². The van der Waals surface area contributed by atoms with Gasteiger partial charge in [-0.3, -0.25) is 4.79 Å². The van der Waals surface area contributed by atoms with Gasteiger partial charge in [-0.05, 0) is 12.0 Å². The van der Waals surface area contributed by atoms with Crippen LogP contribution in [0, 0.1) is 5.92 Å². The highest BCUT2D eigenvalue weighted by atomic mass is 35.5. The number of hydrogen-bond donors (Lipinski definition) is 1. The predicted molar refractivity (Wildman–Crippen MR) is 123 cm³/mol. The highest BCUT2D eigenvalue weighted by Gasteiger charge is 2.52. The van der Waals surface area contributed by atoms with Crippen LogP contribution in [0.5, 0.6) is 11.5 Å². The Morgan fingerprint density at radius 1 is 1.19 bits per heavy atom. The van der Waals surface area contributed by atoms with E-state index in [1.165, 1.54) is 14.2 Å². The van der Waals surface area contributed by atoms with Gasteiger partial charge in [-0.1, -0.05) is 52.6 Å². The third-order valence-corrected chi connectivity index (χ3v) is 6.14. The van der Waals surface area contributed by atoms with Crippen molar-refractivity contribution in [1.29, 1.82) is 0 Å².